The van der Waals surface area contributed by atoms with Crippen LogP contribution in [0.1, 0.15) is 46.4 Å². The second kappa shape index (κ2) is 6.39. The Bertz CT molecular complexity index is 553. The summed E-state index contributed by atoms with van der Waals surface area (Å²) in [4.78, 5) is 36.1. The highest BCUT2D eigenvalue weighted by atomic mass is 16.4. The monoisotopic (exact) mass is 290 g/mol. The van der Waals surface area contributed by atoms with Gasteiger partial charge >= 0.3 is 5.97 Å². The fraction of sp³-hybridized carbons (Fsp3) is 0.400. The van der Waals surface area contributed by atoms with Gasteiger partial charge in [0.05, 0.1) is 5.56 Å². The number of nitrogens with two attached hydrogens (primary N) is 1. The van der Waals surface area contributed by atoms with Crippen molar-refractivity contribution in [3.05, 3.63) is 35.4 Å². The van der Waals surface area contributed by atoms with Crippen LogP contribution < -0.4 is 5.73 Å². The van der Waals surface area contributed by atoms with Gasteiger partial charge in [-0.25, -0.2) is 4.79 Å². The number of aromatic carboxylic acids is 1. The van der Waals surface area contributed by atoms with Crippen LogP contribution in [-0.2, 0) is 4.79 Å². The van der Waals surface area contributed by atoms with Crippen molar-refractivity contribution < 1.29 is 19.5 Å². The lowest BCUT2D eigenvalue weighted by Gasteiger charge is -2.35. The molecule has 2 amide bonds. The average Bonchev–Trinajstić information content (AvgIpc) is 2.46. The van der Waals surface area contributed by atoms with Crippen LogP contribution in [-0.4, -0.2) is 40.4 Å². The number of hydrogen-bond acceptors (Lipinski definition) is 3. The maximum Gasteiger partial charge on any atom is 0.335 e. The molecule has 0 aliphatic carbocycles. The minimum Gasteiger partial charge on any atom is -0.478 e. The van der Waals surface area contributed by atoms with Crippen LogP contribution in [0.4, 0.5) is 0 Å². The fourth-order valence-electron chi connectivity index (χ4n) is 2.63. The van der Waals surface area contributed by atoms with Crippen molar-refractivity contribution in [3.63, 3.8) is 0 Å². The number of carboxylic acids is 1. The van der Waals surface area contributed by atoms with E-state index < -0.39 is 11.9 Å². The van der Waals surface area contributed by atoms with Crippen molar-refractivity contribution in [3.8, 4) is 0 Å². The van der Waals surface area contributed by atoms with Crippen LogP contribution in [0.15, 0.2) is 24.3 Å². The Balaban J connectivity index is 2.16. The van der Waals surface area contributed by atoms with E-state index in [9.17, 15) is 14.4 Å². The highest BCUT2D eigenvalue weighted by Gasteiger charge is 2.28. The van der Waals surface area contributed by atoms with E-state index in [1.165, 1.54) is 24.3 Å². The third kappa shape index (κ3) is 3.59. The van der Waals surface area contributed by atoms with Gasteiger partial charge in [-0.3, -0.25) is 9.59 Å². The van der Waals surface area contributed by atoms with E-state index >= 15 is 0 Å². The van der Waals surface area contributed by atoms with Gasteiger partial charge in [0.1, 0.15) is 0 Å². The van der Waals surface area contributed by atoms with Gasteiger partial charge in [-0.15, -0.1) is 0 Å². The molecule has 1 saturated heterocycles. The van der Waals surface area contributed by atoms with Crippen LogP contribution in [0.25, 0.3) is 0 Å². The highest BCUT2D eigenvalue weighted by molar-refractivity contribution is 5.96. The molecule has 3 N–H and O–H groups in total. The molecule has 0 saturated carbocycles. The average molecular weight is 290 g/mol. The number of carboxylic acid groups (broad SMARTS) is 1. The molecule has 1 aliphatic rings. The van der Waals surface area contributed by atoms with Crippen LogP contribution in [0.2, 0.25) is 0 Å². The number of piperidine rings is 1. The Kier molecular flexibility index (Phi) is 4.57. The Morgan fingerprint density at radius 1 is 1.14 bits per heavy atom. The molecule has 0 bridgehead atoms. The highest BCUT2D eigenvalue weighted by Crippen LogP contribution is 2.22. The smallest absolute Gasteiger partial charge is 0.335 e. The SMILES string of the molecule is NC(=O)CC1CCCCN1C(=O)c1ccc(C(=O)O)cc1. The molecule has 1 aliphatic heterocycles. The van der Waals surface area contributed by atoms with E-state index in [2.05, 4.69) is 0 Å². The third-order valence-corrected chi connectivity index (χ3v) is 3.70. The first-order valence-electron chi connectivity index (χ1n) is 6.91. The second-order valence-corrected chi connectivity index (χ2v) is 5.20. The number of benzene rings is 1. The van der Waals surface area contributed by atoms with Gasteiger partial charge in [0.25, 0.3) is 5.91 Å². The topological polar surface area (TPSA) is 101 Å². The first-order valence-corrected chi connectivity index (χ1v) is 6.91. The van der Waals surface area contributed by atoms with Crippen molar-refractivity contribution in [2.75, 3.05) is 6.54 Å². The number of hydrogen-bond donors (Lipinski definition) is 2. The lowest BCUT2D eigenvalue weighted by Crippen LogP contribution is -2.45. The summed E-state index contributed by atoms with van der Waals surface area (Å²) in [7, 11) is 0. The van der Waals surface area contributed by atoms with Crippen molar-refractivity contribution in [2.45, 2.75) is 31.7 Å². The molecule has 21 heavy (non-hydrogen) atoms. The summed E-state index contributed by atoms with van der Waals surface area (Å²) in [6.07, 6.45) is 2.80. The number of nitrogens with zero attached hydrogens (tertiary/aromatic N) is 1. The number of likely N-dealkylation sites (tertiary alicyclic amines) is 1. The molecule has 1 aromatic carbocycles. The summed E-state index contributed by atoms with van der Waals surface area (Å²) in [6.45, 7) is 0.595. The Hall–Kier alpha value is -2.37. The molecule has 2 rings (SSSR count). The minimum absolute atomic E-state index is 0.138. The third-order valence-electron chi connectivity index (χ3n) is 3.70. The minimum atomic E-state index is -1.03. The van der Waals surface area contributed by atoms with Gasteiger partial charge < -0.3 is 15.7 Å². The summed E-state index contributed by atoms with van der Waals surface area (Å²) in [5.41, 5.74) is 5.80. The van der Waals surface area contributed by atoms with E-state index in [1.54, 1.807) is 4.90 Å². The Morgan fingerprint density at radius 3 is 2.33 bits per heavy atom. The van der Waals surface area contributed by atoms with E-state index in [0.29, 0.717) is 12.1 Å². The van der Waals surface area contributed by atoms with Gasteiger partial charge in [0.15, 0.2) is 0 Å². The van der Waals surface area contributed by atoms with E-state index in [1.807, 2.05) is 0 Å². The predicted octanol–water partition coefficient (Wildman–Crippen LogP) is 1.25. The molecule has 1 aromatic rings. The second-order valence-electron chi connectivity index (χ2n) is 5.20. The molecular formula is C15H18N2O4. The normalized spacial score (nSPS) is 18.3. The number of rotatable bonds is 4. The molecule has 0 radical (unpaired) electrons. The van der Waals surface area contributed by atoms with Crippen LogP contribution in [0.3, 0.4) is 0 Å². The summed E-state index contributed by atoms with van der Waals surface area (Å²) in [5.74, 6) is -1.63. The van der Waals surface area contributed by atoms with Crippen LogP contribution >= 0.6 is 0 Å². The maximum absolute atomic E-state index is 12.5. The lowest BCUT2D eigenvalue weighted by atomic mass is 9.97. The van der Waals surface area contributed by atoms with E-state index in [-0.39, 0.29) is 23.9 Å². The first-order chi connectivity index (χ1) is 9.99. The molecule has 6 nitrogen and oxygen atoms in total. The zero-order valence-electron chi connectivity index (χ0n) is 11.6. The molecule has 1 unspecified atom stereocenters. The molecule has 1 heterocycles. The molecule has 6 heteroatoms. The Morgan fingerprint density at radius 2 is 1.76 bits per heavy atom. The van der Waals surface area contributed by atoms with Crippen molar-refractivity contribution in [1.29, 1.82) is 0 Å². The summed E-state index contributed by atoms with van der Waals surface area (Å²) >= 11 is 0. The van der Waals surface area contributed by atoms with Gasteiger partial charge in [0.2, 0.25) is 5.91 Å². The summed E-state index contributed by atoms with van der Waals surface area (Å²) in [5, 5.41) is 8.86. The van der Waals surface area contributed by atoms with Crippen molar-refractivity contribution >= 4 is 17.8 Å². The van der Waals surface area contributed by atoms with Crippen molar-refractivity contribution in [1.82, 2.24) is 4.90 Å². The Labute approximate surface area is 122 Å². The van der Waals surface area contributed by atoms with Crippen molar-refractivity contribution in [2.24, 2.45) is 5.73 Å². The first kappa shape index (κ1) is 15.0. The summed E-state index contributed by atoms with van der Waals surface area (Å²) in [6, 6.07) is 5.65. The van der Waals surface area contributed by atoms with E-state index in [0.717, 1.165) is 19.3 Å². The molecule has 1 atom stereocenters. The van der Waals surface area contributed by atoms with Crippen LogP contribution in [0, 0.1) is 0 Å². The zero-order valence-corrected chi connectivity index (χ0v) is 11.6. The number of amides is 2. The number of primary amides is 1. The predicted molar refractivity (Wildman–Crippen MR) is 75.9 cm³/mol. The van der Waals surface area contributed by atoms with Crippen LogP contribution in [0.5, 0.6) is 0 Å². The molecule has 1 fully saturated rings. The van der Waals surface area contributed by atoms with Gasteiger partial charge in [-0.05, 0) is 43.5 Å². The standard InChI is InChI=1S/C15H18N2O4/c16-13(18)9-12-3-1-2-8-17(12)14(19)10-4-6-11(7-5-10)15(20)21/h4-7,12H,1-3,8-9H2,(H2,16,18)(H,20,21). The van der Waals surface area contributed by atoms with E-state index in [4.69, 9.17) is 10.8 Å². The molecule has 0 aromatic heterocycles. The fourth-order valence-corrected chi connectivity index (χ4v) is 2.63. The van der Waals surface area contributed by atoms with Gasteiger partial charge in [-0.2, -0.15) is 0 Å². The maximum atomic E-state index is 12.5. The van der Waals surface area contributed by atoms with Gasteiger partial charge in [-0.1, -0.05) is 0 Å². The molecule has 0 spiro atoms. The largest absolute Gasteiger partial charge is 0.478 e. The number of carbonyl (C=O) groups excluding carboxylic acids is 2. The summed E-state index contributed by atoms with van der Waals surface area (Å²) < 4.78 is 0. The van der Waals surface area contributed by atoms with Gasteiger partial charge in [0, 0.05) is 24.6 Å². The lowest BCUT2D eigenvalue weighted by molar-refractivity contribution is -0.119. The number of carbonyl (C=O) groups is 3. The zero-order chi connectivity index (χ0) is 15.4. The molecular weight excluding hydrogens is 272 g/mol. The quantitative estimate of drug-likeness (QED) is 0.871. The molecule has 112 valence electrons.